The minimum absolute atomic E-state index is 0.0408. The normalized spacial score (nSPS) is 27.3. The maximum Gasteiger partial charge on any atom is 0.436 e. The van der Waals surface area contributed by atoms with Gasteiger partial charge in [0.05, 0.1) is 10.5 Å². The van der Waals surface area contributed by atoms with Crippen molar-refractivity contribution in [3.63, 3.8) is 0 Å². The third kappa shape index (κ3) is 1.83. The molecule has 1 saturated carbocycles. The highest BCUT2D eigenvalue weighted by Gasteiger charge is 2.42. The lowest BCUT2D eigenvalue weighted by Gasteiger charge is -2.37. The summed E-state index contributed by atoms with van der Waals surface area (Å²) in [5, 5.41) is 6.86. The third-order valence-electron chi connectivity index (χ3n) is 3.84. The summed E-state index contributed by atoms with van der Waals surface area (Å²) in [5.41, 5.74) is -0.823. The van der Waals surface area contributed by atoms with Gasteiger partial charge in [-0.2, -0.15) is 18.3 Å². The summed E-state index contributed by atoms with van der Waals surface area (Å²) < 4.78 is 40.1. The number of rotatable bonds is 0. The molecule has 18 heavy (non-hydrogen) atoms. The van der Waals surface area contributed by atoms with Crippen LogP contribution in [0, 0.1) is 5.92 Å². The molecule has 2 atom stereocenters. The van der Waals surface area contributed by atoms with E-state index in [-0.39, 0.29) is 10.5 Å². The monoisotopic (exact) mass is 323 g/mol. The summed E-state index contributed by atoms with van der Waals surface area (Å²) in [5.74, 6) is 0.879. The van der Waals surface area contributed by atoms with Crippen molar-refractivity contribution in [2.45, 2.75) is 37.9 Å². The van der Waals surface area contributed by atoms with Gasteiger partial charge < -0.3 is 5.32 Å². The van der Waals surface area contributed by atoms with Crippen LogP contribution in [0.5, 0.6) is 0 Å². The third-order valence-corrected chi connectivity index (χ3v) is 4.59. The van der Waals surface area contributed by atoms with E-state index >= 15 is 0 Å². The van der Waals surface area contributed by atoms with E-state index in [0.29, 0.717) is 11.7 Å². The van der Waals surface area contributed by atoms with Crippen molar-refractivity contribution in [3.05, 3.63) is 10.2 Å². The fourth-order valence-electron chi connectivity index (χ4n) is 2.97. The van der Waals surface area contributed by atoms with Crippen molar-refractivity contribution < 1.29 is 13.2 Å². The molecule has 2 unspecified atom stereocenters. The molecule has 7 heteroatoms. The van der Waals surface area contributed by atoms with Gasteiger partial charge in [-0.25, -0.2) is 4.68 Å². The number of hydrogen-bond acceptors (Lipinski definition) is 2. The number of halogens is 4. The van der Waals surface area contributed by atoms with Crippen LogP contribution in [-0.4, -0.2) is 16.3 Å². The van der Waals surface area contributed by atoms with E-state index < -0.39 is 11.9 Å². The molecule has 1 aromatic heterocycles. The van der Waals surface area contributed by atoms with E-state index in [9.17, 15) is 13.2 Å². The molecule has 1 aliphatic carbocycles. The summed E-state index contributed by atoms with van der Waals surface area (Å²) in [6.45, 7) is 0.742. The maximum atomic E-state index is 12.8. The first kappa shape index (κ1) is 12.3. The Labute approximate surface area is 111 Å². The summed E-state index contributed by atoms with van der Waals surface area (Å²) in [6, 6.07) is 0.113. The van der Waals surface area contributed by atoms with Crippen LogP contribution in [0.2, 0.25) is 0 Å². The number of fused-ring (bicyclic) bond motifs is 3. The molecule has 3 nitrogen and oxygen atoms in total. The second-order valence-corrected chi connectivity index (χ2v) is 5.74. The zero-order valence-electron chi connectivity index (χ0n) is 9.60. The Morgan fingerprint density at radius 1 is 1.28 bits per heavy atom. The molecule has 1 aliphatic heterocycles. The van der Waals surface area contributed by atoms with E-state index in [4.69, 9.17) is 0 Å². The molecule has 0 amide bonds. The van der Waals surface area contributed by atoms with Gasteiger partial charge in [0.1, 0.15) is 5.82 Å². The van der Waals surface area contributed by atoms with Crippen LogP contribution in [0.1, 0.15) is 37.4 Å². The van der Waals surface area contributed by atoms with Crippen molar-refractivity contribution in [1.29, 1.82) is 0 Å². The number of nitrogens with zero attached hydrogens (tertiary/aromatic N) is 2. The van der Waals surface area contributed by atoms with Gasteiger partial charge in [0.25, 0.3) is 0 Å². The second-order valence-electron chi connectivity index (χ2n) is 4.95. The molecule has 0 saturated heterocycles. The van der Waals surface area contributed by atoms with Crippen molar-refractivity contribution in [2.75, 3.05) is 11.9 Å². The first-order valence-electron chi connectivity index (χ1n) is 6.07. The molecule has 2 heterocycles. The molecule has 1 aromatic rings. The molecule has 0 radical (unpaired) electrons. The van der Waals surface area contributed by atoms with E-state index in [1.807, 2.05) is 0 Å². The van der Waals surface area contributed by atoms with Gasteiger partial charge >= 0.3 is 6.18 Å². The van der Waals surface area contributed by atoms with Gasteiger partial charge in [-0.3, -0.25) is 0 Å². The smallest absolute Gasteiger partial charge is 0.369 e. The minimum atomic E-state index is -4.41. The van der Waals surface area contributed by atoms with Gasteiger partial charge in [0.2, 0.25) is 0 Å². The van der Waals surface area contributed by atoms with Gasteiger partial charge in [0, 0.05) is 6.54 Å². The molecule has 100 valence electrons. The molecule has 1 fully saturated rings. The molecule has 2 aliphatic rings. The molecule has 0 bridgehead atoms. The fourth-order valence-corrected chi connectivity index (χ4v) is 3.60. The lowest BCUT2D eigenvalue weighted by atomic mass is 9.83. The predicted octanol–water partition coefficient (Wildman–Crippen LogP) is 3.82. The standard InChI is InChI=1S/C11H13BrF3N3/c12-8-9(11(13,14)15)17-18-7-4-2-1-3-6(7)5-16-10(8)18/h6-7,16H,1-5H2. The number of anilines is 1. The molecule has 0 spiro atoms. The number of hydrogen-bond donors (Lipinski definition) is 1. The van der Waals surface area contributed by atoms with Crippen LogP contribution < -0.4 is 5.32 Å². The molecular formula is C11H13BrF3N3. The van der Waals surface area contributed by atoms with Crippen molar-refractivity contribution in [2.24, 2.45) is 5.92 Å². The molecule has 3 rings (SSSR count). The van der Waals surface area contributed by atoms with Crippen LogP contribution in [0.25, 0.3) is 0 Å². The van der Waals surface area contributed by atoms with Crippen LogP contribution >= 0.6 is 15.9 Å². The number of aromatic nitrogens is 2. The average Bonchev–Trinajstić information content (AvgIpc) is 2.67. The molecule has 0 aromatic carbocycles. The quantitative estimate of drug-likeness (QED) is 0.786. The van der Waals surface area contributed by atoms with E-state index in [1.165, 1.54) is 0 Å². The number of nitrogens with one attached hydrogen (secondary N) is 1. The summed E-state index contributed by atoms with van der Waals surface area (Å²) in [6.07, 6.45) is -0.193. The predicted molar refractivity (Wildman–Crippen MR) is 64.4 cm³/mol. The lowest BCUT2D eigenvalue weighted by Crippen LogP contribution is -2.35. The largest absolute Gasteiger partial charge is 0.436 e. The van der Waals surface area contributed by atoms with E-state index in [2.05, 4.69) is 26.3 Å². The first-order chi connectivity index (χ1) is 8.48. The van der Waals surface area contributed by atoms with Crippen molar-refractivity contribution in [3.8, 4) is 0 Å². The SMILES string of the molecule is FC(F)(F)c1nn2c(c1Br)NCC1CCCCC12. The summed E-state index contributed by atoms with van der Waals surface area (Å²) in [4.78, 5) is 0. The number of alkyl halides is 3. The van der Waals surface area contributed by atoms with Gasteiger partial charge in [-0.1, -0.05) is 12.8 Å². The minimum Gasteiger partial charge on any atom is -0.369 e. The average molecular weight is 324 g/mol. The van der Waals surface area contributed by atoms with Crippen LogP contribution in [0.4, 0.5) is 19.0 Å². The van der Waals surface area contributed by atoms with Crippen LogP contribution in [0.15, 0.2) is 4.47 Å². The highest BCUT2D eigenvalue weighted by molar-refractivity contribution is 9.10. The Hall–Kier alpha value is -0.720. The maximum absolute atomic E-state index is 12.8. The Balaban J connectivity index is 2.04. The first-order valence-corrected chi connectivity index (χ1v) is 6.87. The lowest BCUT2D eigenvalue weighted by molar-refractivity contribution is -0.142. The molecule has 1 N–H and O–H groups in total. The van der Waals surface area contributed by atoms with Crippen molar-refractivity contribution >= 4 is 21.7 Å². The van der Waals surface area contributed by atoms with Crippen LogP contribution in [-0.2, 0) is 6.18 Å². The fraction of sp³-hybridized carbons (Fsp3) is 0.727. The Bertz CT molecular complexity index is 469. The van der Waals surface area contributed by atoms with Crippen molar-refractivity contribution in [1.82, 2.24) is 9.78 Å². The van der Waals surface area contributed by atoms with Gasteiger partial charge in [0.15, 0.2) is 5.69 Å². The highest BCUT2D eigenvalue weighted by Crippen LogP contribution is 2.45. The Kier molecular flexibility index (Phi) is 2.84. The summed E-state index contributed by atoms with van der Waals surface area (Å²) in [7, 11) is 0. The second kappa shape index (κ2) is 4.15. The van der Waals surface area contributed by atoms with Gasteiger partial charge in [-0.15, -0.1) is 0 Å². The zero-order chi connectivity index (χ0) is 12.9. The van der Waals surface area contributed by atoms with Gasteiger partial charge in [-0.05, 0) is 34.7 Å². The van der Waals surface area contributed by atoms with E-state index in [0.717, 1.165) is 32.2 Å². The highest BCUT2D eigenvalue weighted by atomic mass is 79.9. The Morgan fingerprint density at radius 3 is 2.72 bits per heavy atom. The Morgan fingerprint density at radius 2 is 2.00 bits per heavy atom. The van der Waals surface area contributed by atoms with Crippen LogP contribution in [0.3, 0.4) is 0 Å². The van der Waals surface area contributed by atoms with E-state index in [1.54, 1.807) is 4.68 Å². The summed E-state index contributed by atoms with van der Waals surface area (Å²) >= 11 is 3.02. The zero-order valence-corrected chi connectivity index (χ0v) is 11.2. The molecular weight excluding hydrogens is 311 g/mol. The topological polar surface area (TPSA) is 29.9 Å².